The van der Waals surface area contributed by atoms with Crippen molar-refractivity contribution in [1.29, 1.82) is 0 Å². The standard InChI is InChI=1S/C18H19ClFN5O2/c1-24-4-6-25(7-5-24)18-22-16-15(17(27)23-18)12(9-14(26)21-16)11-3-2-10(19)8-13(11)20/h2-3,8,12H,4-7,9H2,1H3,(H2,21,22,23,26,27)/t12-/m1/s1. The van der Waals surface area contributed by atoms with Crippen LogP contribution in [0.4, 0.5) is 16.2 Å². The number of amides is 1. The third-order valence-electron chi connectivity index (χ3n) is 5.08. The molecule has 9 heteroatoms. The number of likely N-dealkylation sites (N-methyl/N-ethyl adjacent to an activating group) is 1. The van der Waals surface area contributed by atoms with Crippen molar-refractivity contribution in [2.24, 2.45) is 0 Å². The van der Waals surface area contributed by atoms with Crippen LogP contribution >= 0.6 is 11.6 Å². The van der Waals surface area contributed by atoms with Gasteiger partial charge in [-0.05, 0) is 24.7 Å². The third kappa shape index (κ3) is 3.42. The molecule has 142 valence electrons. The molecule has 0 spiro atoms. The molecule has 1 fully saturated rings. The molecule has 1 atom stereocenters. The fourth-order valence-corrected chi connectivity index (χ4v) is 3.74. The number of hydrogen-bond acceptors (Lipinski definition) is 5. The van der Waals surface area contributed by atoms with Gasteiger partial charge in [0.2, 0.25) is 11.9 Å². The van der Waals surface area contributed by atoms with Crippen LogP contribution in [-0.2, 0) is 4.79 Å². The first-order valence-electron chi connectivity index (χ1n) is 8.75. The van der Waals surface area contributed by atoms with Crippen LogP contribution in [0.15, 0.2) is 23.0 Å². The number of carbonyl (C=O) groups is 1. The van der Waals surface area contributed by atoms with E-state index in [0.29, 0.717) is 5.95 Å². The van der Waals surface area contributed by atoms with E-state index in [9.17, 15) is 14.0 Å². The number of fused-ring (bicyclic) bond motifs is 1. The summed E-state index contributed by atoms with van der Waals surface area (Å²) in [6.45, 7) is 3.15. The number of nitrogens with zero attached hydrogens (tertiary/aromatic N) is 3. The van der Waals surface area contributed by atoms with Crippen LogP contribution < -0.4 is 15.8 Å². The summed E-state index contributed by atoms with van der Waals surface area (Å²) in [6.07, 6.45) is -0.0236. The molecule has 0 bridgehead atoms. The number of piperazine rings is 1. The lowest BCUT2D eigenvalue weighted by Crippen LogP contribution is -2.46. The van der Waals surface area contributed by atoms with Gasteiger partial charge < -0.3 is 15.1 Å². The molecule has 0 radical (unpaired) electrons. The Morgan fingerprint density at radius 1 is 1.22 bits per heavy atom. The van der Waals surface area contributed by atoms with Gasteiger partial charge in [-0.3, -0.25) is 14.6 Å². The van der Waals surface area contributed by atoms with Gasteiger partial charge in [-0.1, -0.05) is 17.7 Å². The number of carbonyl (C=O) groups excluding carboxylic acids is 1. The third-order valence-corrected chi connectivity index (χ3v) is 5.31. The number of rotatable bonds is 2. The minimum atomic E-state index is -0.705. The molecule has 2 aliphatic rings. The Morgan fingerprint density at radius 3 is 2.67 bits per heavy atom. The van der Waals surface area contributed by atoms with Crippen molar-refractivity contribution in [2.45, 2.75) is 12.3 Å². The smallest absolute Gasteiger partial charge is 0.258 e. The Morgan fingerprint density at radius 2 is 1.96 bits per heavy atom. The maximum atomic E-state index is 14.4. The summed E-state index contributed by atoms with van der Waals surface area (Å²) in [5.74, 6) is -0.934. The number of H-pyrrole nitrogens is 1. The van der Waals surface area contributed by atoms with Gasteiger partial charge in [0.1, 0.15) is 11.6 Å². The number of aromatic nitrogens is 2. The van der Waals surface area contributed by atoms with Gasteiger partial charge in [0.25, 0.3) is 5.56 Å². The highest BCUT2D eigenvalue weighted by Crippen LogP contribution is 2.36. The average molecular weight is 392 g/mol. The van der Waals surface area contributed by atoms with E-state index in [1.54, 1.807) is 6.07 Å². The van der Waals surface area contributed by atoms with E-state index in [0.717, 1.165) is 26.2 Å². The van der Waals surface area contributed by atoms with Gasteiger partial charge in [0, 0.05) is 43.5 Å². The maximum absolute atomic E-state index is 14.4. The highest BCUT2D eigenvalue weighted by Gasteiger charge is 2.33. The van der Waals surface area contributed by atoms with E-state index in [2.05, 4.69) is 20.2 Å². The van der Waals surface area contributed by atoms with E-state index in [-0.39, 0.29) is 39.9 Å². The predicted octanol–water partition coefficient (Wildman–Crippen LogP) is 1.79. The molecule has 0 saturated carbocycles. The Kier molecular flexibility index (Phi) is 4.61. The van der Waals surface area contributed by atoms with Gasteiger partial charge in [-0.2, -0.15) is 4.98 Å². The van der Waals surface area contributed by atoms with Crippen molar-refractivity contribution in [3.63, 3.8) is 0 Å². The molecule has 27 heavy (non-hydrogen) atoms. The summed E-state index contributed by atoms with van der Waals surface area (Å²) in [5.41, 5.74) is 0.164. The molecule has 4 rings (SSSR count). The number of anilines is 2. The van der Waals surface area contributed by atoms with Gasteiger partial charge in [0.05, 0.1) is 5.56 Å². The SMILES string of the molecule is CN1CCN(c2nc3c(c(=O)[nH]2)[C@@H](c2ccc(Cl)cc2F)CC(=O)N3)CC1. The number of nitrogens with one attached hydrogen (secondary N) is 2. The second-order valence-electron chi connectivity index (χ2n) is 6.91. The highest BCUT2D eigenvalue weighted by atomic mass is 35.5. The van der Waals surface area contributed by atoms with Gasteiger partial charge in [0.15, 0.2) is 0 Å². The van der Waals surface area contributed by atoms with E-state index >= 15 is 0 Å². The van der Waals surface area contributed by atoms with E-state index < -0.39 is 11.7 Å². The van der Waals surface area contributed by atoms with Gasteiger partial charge in [-0.15, -0.1) is 0 Å². The van der Waals surface area contributed by atoms with Gasteiger partial charge in [-0.25, -0.2) is 4.39 Å². The molecule has 2 aromatic rings. The first-order valence-corrected chi connectivity index (χ1v) is 9.12. The zero-order valence-electron chi connectivity index (χ0n) is 14.8. The Balaban J connectivity index is 1.76. The molecule has 2 N–H and O–H groups in total. The van der Waals surface area contributed by atoms with Crippen LogP contribution in [0.1, 0.15) is 23.5 Å². The fraction of sp³-hybridized carbons (Fsp3) is 0.389. The average Bonchev–Trinajstić information content (AvgIpc) is 2.61. The number of benzene rings is 1. The van der Waals surface area contributed by atoms with Gasteiger partial charge >= 0.3 is 0 Å². The topological polar surface area (TPSA) is 81.3 Å². The Hall–Kier alpha value is -2.45. The normalized spacial score (nSPS) is 20.3. The summed E-state index contributed by atoms with van der Waals surface area (Å²) in [4.78, 5) is 36.5. The zero-order chi connectivity index (χ0) is 19.1. The van der Waals surface area contributed by atoms with Crippen LogP contribution in [0.25, 0.3) is 0 Å². The van der Waals surface area contributed by atoms with Crippen LogP contribution in [0.3, 0.4) is 0 Å². The summed E-state index contributed by atoms with van der Waals surface area (Å²) in [6, 6.07) is 4.24. The quantitative estimate of drug-likeness (QED) is 0.815. The highest BCUT2D eigenvalue weighted by molar-refractivity contribution is 6.30. The first kappa shape index (κ1) is 17.9. The monoisotopic (exact) mass is 391 g/mol. The largest absolute Gasteiger partial charge is 0.340 e. The molecule has 1 aromatic carbocycles. The van der Waals surface area contributed by atoms with E-state index in [1.807, 2.05) is 11.9 Å². The molecule has 7 nitrogen and oxygen atoms in total. The van der Waals surface area contributed by atoms with Crippen LogP contribution in [0.2, 0.25) is 5.02 Å². The molecule has 1 saturated heterocycles. The zero-order valence-corrected chi connectivity index (χ0v) is 15.5. The lowest BCUT2D eigenvalue weighted by molar-refractivity contribution is -0.116. The molecular weight excluding hydrogens is 373 g/mol. The molecule has 1 aromatic heterocycles. The number of halogens is 2. The minimum absolute atomic E-state index is 0.0236. The lowest BCUT2D eigenvalue weighted by Gasteiger charge is -2.33. The van der Waals surface area contributed by atoms with Crippen molar-refractivity contribution in [3.8, 4) is 0 Å². The molecule has 1 amide bonds. The van der Waals surface area contributed by atoms with Crippen LogP contribution in [-0.4, -0.2) is 54.0 Å². The second kappa shape index (κ2) is 6.94. The van der Waals surface area contributed by atoms with E-state index in [4.69, 9.17) is 11.6 Å². The Labute approximate surface area is 160 Å². The first-order chi connectivity index (χ1) is 12.9. The van der Waals surface area contributed by atoms with Crippen molar-refractivity contribution in [2.75, 3.05) is 43.4 Å². The lowest BCUT2D eigenvalue weighted by atomic mass is 9.86. The summed E-state index contributed by atoms with van der Waals surface area (Å²) in [7, 11) is 2.03. The Bertz CT molecular complexity index is 955. The van der Waals surface area contributed by atoms with E-state index in [1.165, 1.54) is 12.1 Å². The molecule has 2 aliphatic heterocycles. The maximum Gasteiger partial charge on any atom is 0.258 e. The minimum Gasteiger partial charge on any atom is -0.340 e. The molecule has 0 unspecified atom stereocenters. The number of aromatic amines is 1. The van der Waals surface area contributed by atoms with Crippen molar-refractivity contribution < 1.29 is 9.18 Å². The van der Waals surface area contributed by atoms with Crippen LogP contribution in [0.5, 0.6) is 0 Å². The summed E-state index contributed by atoms with van der Waals surface area (Å²) < 4.78 is 14.4. The summed E-state index contributed by atoms with van der Waals surface area (Å²) in [5, 5.41) is 2.92. The fourth-order valence-electron chi connectivity index (χ4n) is 3.58. The van der Waals surface area contributed by atoms with Crippen LogP contribution in [0, 0.1) is 5.82 Å². The van der Waals surface area contributed by atoms with Crippen molar-refractivity contribution >= 4 is 29.3 Å². The predicted molar refractivity (Wildman–Crippen MR) is 101 cm³/mol. The number of hydrogen-bond donors (Lipinski definition) is 2. The van der Waals surface area contributed by atoms with Crippen molar-refractivity contribution in [3.05, 3.63) is 50.5 Å². The molecule has 0 aliphatic carbocycles. The summed E-state index contributed by atoms with van der Waals surface area (Å²) >= 11 is 5.82. The van der Waals surface area contributed by atoms with Crippen molar-refractivity contribution in [1.82, 2.24) is 14.9 Å². The molecular formula is C18H19ClFN5O2. The molecule has 3 heterocycles. The second-order valence-corrected chi connectivity index (χ2v) is 7.35.